The molecule has 2 atom stereocenters. The molecule has 1 N–H and O–H groups in total. The van der Waals surface area contributed by atoms with Crippen LogP contribution >= 0.6 is 0 Å². The molecule has 1 aromatic carbocycles. The third-order valence-corrected chi connectivity index (χ3v) is 2.46. The Kier molecular flexibility index (Phi) is 2.30. The van der Waals surface area contributed by atoms with Crippen LogP contribution < -0.4 is 4.74 Å². The fourth-order valence-corrected chi connectivity index (χ4v) is 1.73. The Hall–Kier alpha value is -2.02. The van der Waals surface area contributed by atoms with E-state index in [-0.39, 0.29) is 6.42 Å². The Bertz CT molecular complexity index is 436. The fourth-order valence-electron chi connectivity index (χ4n) is 1.73. The van der Waals surface area contributed by atoms with E-state index in [1.807, 2.05) is 6.07 Å². The molecule has 0 saturated carbocycles. The van der Waals surface area contributed by atoms with Crippen molar-refractivity contribution in [3.8, 4) is 11.8 Å². The summed E-state index contributed by atoms with van der Waals surface area (Å²) in [5.74, 6) is -1.05. The number of carboxylic acid groups (broad SMARTS) is 1. The second-order valence-electron chi connectivity index (χ2n) is 3.40. The molecule has 4 heteroatoms. The van der Waals surface area contributed by atoms with Crippen molar-refractivity contribution >= 4 is 5.97 Å². The van der Waals surface area contributed by atoms with Gasteiger partial charge in [0.05, 0.1) is 5.92 Å². The number of hydrogen-bond acceptors (Lipinski definition) is 3. The van der Waals surface area contributed by atoms with Gasteiger partial charge in [0.2, 0.25) is 0 Å². The van der Waals surface area contributed by atoms with Crippen molar-refractivity contribution < 1.29 is 14.6 Å². The molecule has 0 aliphatic carbocycles. The Morgan fingerprint density at radius 1 is 1.53 bits per heavy atom. The quantitative estimate of drug-likeness (QED) is 0.751. The number of rotatable bonds is 1. The van der Waals surface area contributed by atoms with Gasteiger partial charge in [0.25, 0.3) is 0 Å². The highest BCUT2D eigenvalue weighted by molar-refractivity contribution is 5.77. The van der Waals surface area contributed by atoms with Gasteiger partial charge in [-0.2, -0.15) is 5.26 Å². The normalized spacial score (nSPS) is 23.4. The van der Waals surface area contributed by atoms with E-state index >= 15 is 0 Å². The molecule has 0 radical (unpaired) electrons. The highest BCUT2D eigenvalue weighted by atomic mass is 16.5. The van der Waals surface area contributed by atoms with Gasteiger partial charge in [0.1, 0.15) is 11.8 Å². The van der Waals surface area contributed by atoms with Gasteiger partial charge in [-0.3, -0.25) is 4.79 Å². The zero-order valence-electron chi connectivity index (χ0n) is 7.88. The molecular formula is C11H9NO3. The summed E-state index contributed by atoms with van der Waals surface area (Å²) in [5, 5.41) is 17.8. The first-order valence-corrected chi connectivity index (χ1v) is 4.60. The van der Waals surface area contributed by atoms with E-state index in [0.717, 1.165) is 0 Å². The second kappa shape index (κ2) is 3.62. The molecule has 0 bridgehead atoms. The van der Waals surface area contributed by atoms with Crippen molar-refractivity contribution in [2.45, 2.75) is 18.4 Å². The predicted molar refractivity (Wildman–Crippen MR) is 51.5 cm³/mol. The lowest BCUT2D eigenvalue weighted by molar-refractivity contribution is -0.139. The van der Waals surface area contributed by atoms with Crippen LogP contribution in [0.3, 0.4) is 0 Å². The minimum atomic E-state index is -0.911. The molecule has 0 aromatic heterocycles. The summed E-state index contributed by atoms with van der Waals surface area (Å²) in [4.78, 5) is 11.0. The molecule has 1 aliphatic rings. The van der Waals surface area contributed by atoms with Crippen LogP contribution in [0.15, 0.2) is 24.3 Å². The van der Waals surface area contributed by atoms with Crippen molar-refractivity contribution in [1.29, 1.82) is 5.26 Å². The van der Waals surface area contributed by atoms with Crippen LogP contribution in [-0.4, -0.2) is 17.2 Å². The summed E-state index contributed by atoms with van der Waals surface area (Å²) in [6.45, 7) is 0. The lowest BCUT2D eigenvalue weighted by Crippen LogP contribution is -2.28. The third-order valence-electron chi connectivity index (χ3n) is 2.46. The van der Waals surface area contributed by atoms with Gasteiger partial charge in [-0.25, -0.2) is 0 Å². The Balaban J connectivity index is 2.43. The molecule has 1 aliphatic heterocycles. The molecule has 76 valence electrons. The Morgan fingerprint density at radius 3 is 2.93 bits per heavy atom. The average Bonchev–Trinajstić information content (AvgIpc) is 2.27. The van der Waals surface area contributed by atoms with Crippen LogP contribution in [0.5, 0.6) is 5.75 Å². The monoisotopic (exact) mass is 203 g/mol. The van der Waals surface area contributed by atoms with Gasteiger partial charge >= 0.3 is 5.97 Å². The summed E-state index contributed by atoms with van der Waals surface area (Å²) in [6.07, 6.45) is -0.455. The molecule has 0 saturated heterocycles. The van der Waals surface area contributed by atoms with E-state index in [9.17, 15) is 4.79 Å². The number of nitrogens with zero attached hydrogens (tertiary/aromatic N) is 1. The number of fused-ring (bicyclic) bond motifs is 1. The summed E-state index contributed by atoms with van der Waals surface area (Å²) >= 11 is 0. The standard InChI is InChI=1S/C11H9NO3/c12-6-7-5-9(11(13)14)8-3-1-2-4-10(8)15-7/h1-4,7,9H,5H2,(H,13,14). The van der Waals surface area contributed by atoms with Gasteiger partial charge in [-0.05, 0) is 6.07 Å². The number of hydrogen-bond donors (Lipinski definition) is 1. The molecule has 2 unspecified atom stereocenters. The molecule has 15 heavy (non-hydrogen) atoms. The van der Waals surface area contributed by atoms with E-state index in [2.05, 4.69) is 0 Å². The number of aliphatic carboxylic acids is 1. The Morgan fingerprint density at radius 2 is 2.27 bits per heavy atom. The number of ether oxygens (including phenoxy) is 1. The highest BCUT2D eigenvalue weighted by Crippen LogP contribution is 2.35. The molecule has 1 aromatic rings. The van der Waals surface area contributed by atoms with Crippen molar-refractivity contribution in [2.24, 2.45) is 0 Å². The highest BCUT2D eigenvalue weighted by Gasteiger charge is 2.32. The minimum Gasteiger partial charge on any atom is -0.481 e. The van der Waals surface area contributed by atoms with E-state index in [1.54, 1.807) is 24.3 Å². The first kappa shape index (κ1) is 9.53. The van der Waals surface area contributed by atoms with Crippen molar-refractivity contribution in [3.63, 3.8) is 0 Å². The zero-order chi connectivity index (χ0) is 10.8. The summed E-state index contributed by atoms with van der Waals surface area (Å²) in [7, 11) is 0. The maximum Gasteiger partial charge on any atom is 0.311 e. The van der Waals surface area contributed by atoms with Crippen LogP contribution in [-0.2, 0) is 4.79 Å². The number of carbonyl (C=O) groups is 1. The molecule has 0 spiro atoms. The maximum atomic E-state index is 11.0. The van der Waals surface area contributed by atoms with Gasteiger partial charge in [-0.1, -0.05) is 18.2 Å². The number of benzene rings is 1. The molecule has 1 heterocycles. The fraction of sp³-hybridized carbons (Fsp3) is 0.273. The van der Waals surface area contributed by atoms with Crippen LogP contribution in [0.2, 0.25) is 0 Å². The van der Waals surface area contributed by atoms with Gasteiger partial charge in [0.15, 0.2) is 6.10 Å². The second-order valence-corrected chi connectivity index (χ2v) is 3.40. The number of para-hydroxylation sites is 1. The van der Waals surface area contributed by atoms with Crippen molar-refractivity contribution in [1.82, 2.24) is 0 Å². The van der Waals surface area contributed by atoms with Crippen LogP contribution in [0.25, 0.3) is 0 Å². The van der Waals surface area contributed by atoms with Crippen LogP contribution in [0, 0.1) is 11.3 Å². The maximum absolute atomic E-state index is 11.0. The summed E-state index contributed by atoms with van der Waals surface area (Å²) < 4.78 is 5.34. The summed E-state index contributed by atoms with van der Waals surface area (Å²) in [5.41, 5.74) is 0.650. The smallest absolute Gasteiger partial charge is 0.311 e. The molecule has 4 nitrogen and oxygen atoms in total. The van der Waals surface area contributed by atoms with Gasteiger partial charge < -0.3 is 9.84 Å². The van der Waals surface area contributed by atoms with Gasteiger partial charge in [0, 0.05) is 12.0 Å². The lowest BCUT2D eigenvalue weighted by atomic mass is 9.90. The number of nitriles is 1. The minimum absolute atomic E-state index is 0.211. The first-order chi connectivity index (χ1) is 7.22. The van der Waals surface area contributed by atoms with Crippen molar-refractivity contribution in [3.05, 3.63) is 29.8 Å². The third kappa shape index (κ3) is 1.64. The molecule has 0 fully saturated rings. The molecule has 2 rings (SSSR count). The first-order valence-electron chi connectivity index (χ1n) is 4.60. The number of carboxylic acids is 1. The zero-order valence-corrected chi connectivity index (χ0v) is 7.88. The van der Waals surface area contributed by atoms with Crippen LogP contribution in [0.1, 0.15) is 17.9 Å². The van der Waals surface area contributed by atoms with Crippen LogP contribution in [0.4, 0.5) is 0 Å². The van der Waals surface area contributed by atoms with E-state index < -0.39 is 18.0 Å². The molecular weight excluding hydrogens is 194 g/mol. The van der Waals surface area contributed by atoms with E-state index in [4.69, 9.17) is 15.1 Å². The Labute approximate surface area is 86.7 Å². The summed E-state index contributed by atoms with van der Waals surface area (Å²) in [6, 6.07) is 8.89. The lowest BCUT2D eigenvalue weighted by Gasteiger charge is -2.26. The SMILES string of the molecule is N#CC1CC(C(=O)O)c2ccccc2O1. The van der Waals surface area contributed by atoms with E-state index in [0.29, 0.717) is 11.3 Å². The largest absolute Gasteiger partial charge is 0.481 e. The van der Waals surface area contributed by atoms with Crippen molar-refractivity contribution in [2.75, 3.05) is 0 Å². The van der Waals surface area contributed by atoms with E-state index in [1.165, 1.54) is 0 Å². The van der Waals surface area contributed by atoms with Gasteiger partial charge in [-0.15, -0.1) is 0 Å². The predicted octanol–water partition coefficient (Wildman–Crippen LogP) is 1.53. The molecule has 0 amide bonds. The average molecular weight is 203 g/mol. The topological polar surface area (TPSA) is 70.3 Å².